The van der Waals surface area contributed by atoms with Crippen molar-refractivity contribution in [2.24, 2.45) is 10.9 Å². The van der Waals surface area contributed by atoms with Crippen LogP contribution in [0.3, 0.4) is 0 Å². The monoisotopic (exact) mass is 607 g/mol. The highest BCUT2D eigenvalue weighted by molar-refractivity contribution is 5.82. The summed E-state index contributed by atoms with van der Waals surface area (Å²) in [5.74, 6) is 1.34. The highest BCUT2D eigenvalue weighted by Crippen LogP contribution is 2.34. The number of Topliss-reactive ketones (excluding diaryl/α,β-unsaturated/α-hetero) is 1. The van der Waals surface area contributed by atoms with Crippen molar-refractivity contribution >= 4 is 23.8 Å². The van der Waals surface area contributed by atoms with Gasteiger partial charge in [-0.15, -0.1) is 0 Å². The van der Waals surface area contributed by atoms with E-state index >= 15 is 0 Å². The van der Waals surface area contributed by atoms with Crippen LogP contribution in [0.15, 0.2) is 52.7 Å². The van der Waals surface area contributed by atoms with E-state index in [1.807, 2.05) is 12.3 Å². The number of aromatic hydroxyl groups is 1. The van der Waals surface area contributed by atoms with E-state index in [1.54, 1.807) is 31.5 Å². The third kappa shape index (κ3) is 11.4. The Morgan fingerprint density at radius 3 is 2.61 bits per heavy atom. The summed E-state index contributed by atoms with van der Waals surface area (Å²) < 4.78 is 16.1. The second-order valence-electron chi connectivity index (χ2n) is 11.7. The van der Waals surface area contributed by atoms with E-state index in [1.165, 1.54) is 30.7 Å². The number of hydrogen-bond donors (Lipinski definition) is 2. The number of aliphatic imine (C=N–C) groups is 1. The van der Waals surface area contributed by atoms with Crippen molar-refractivity contribution in [1.82, 2.24) is 4.98 Å². The molecule has 2 aromatic rings. The lowest BCUT2D eigenvalue weighted by Gasteiger charge is -2.22. The Morgan fingerprint density at radius 2 is 1.91 bits per heavy atom. The van der Waals surface area contributed by atoms with Crippen LogP contribution >= 0.6 is 0 Å². The van der Waals surface area contributed by atoms with Gasteiger partial charge in [-0.25, -0.2) is 4.98 Å². The number of nitrogens with two attached hydrogens (primary N) is 1. The van der Waals surface area contributed by atoms with Crippen molar-refractivity contribution < 1.29 is 28.9 Å². The molecule has 240 valence electrons. The average Bonchev–Trinajstić information content (AvgIpc) is 3.44. The molecule has 0 saturated heterocycles. The zero-order valence-corrected chi connectivity index (χ0v) is 26.7. The highest BCUT2D eigenvalue weighted by atomic mass is 16.5. The molecule has 0 amide bonds. The van der Waals surface area contributed by atoms with Gasteiger partial charge in [-0.05, 0) is 103 Å². The van der Waals surface area contributed by atoms with Gasteiger partial charge in [0.2, 0.25) is 0 Å². The van der Waals surface area contributed by atoms with Gasteiger partial charge < -0.3 is 25.1 Å². The molecule has 2 heterocycles. The number of methoxy groups -OCH3 is 2. The van der Waals surface area contributed by atoms with Gasteiger partial charge >= 0.3 is 5.97 Å². The molecule has 3 rings (SSSR count). The minimum absolute atomic E-state index is 0.0422. The van der Waals surface area contributed by atoms with Crippen LogP contribution in [0, 0.1) is 5.92 Å². The van der Waals surface area contributed by atoms with Crippen molar-refractivity contribution in [2.45, 2.75) is 90.1 Å². The standard InChI is InChI=1S/C35H49N3O6/c1-5-25(9-12-32(44-24(2)39)21-31(40)11-8-26-10-13-33(41)34(18-26)43-4)17-29-22-37-23-30(29)19-27(7-6-16-42-3)28-14-15-38-35(36)20-28/h10,13-15,18,20,22,25,27,32,41H,5-9,11-12,16-17,19,21,23H2,1-4H3,(H2,36,38)/t25-,27+,32-/m1/s1. The highest BCUT2D eigenvalue weighted by Gasteiger charge is 2.23. The first-order chi connectivity index (χ1) is 21.2. The summed E-state index contributed by atoms with van der Waals surface area (Å²) in [7, 11) is 3.22. The number of esters is 1. The van der Waals surface area contributed by atoms with Crippen LogP contribution in [0.1, 0.15) is 88.7 Å². The summed E-state index contributed by atoms with van der Waals surface area (Å²) in [5, 5.41) is 9.82. The number of nitrogen functional groups attached to an aromatic ring is 1. The Balaban J connectivity index is 1.60. The number of carbonyl (C=O) groups is 2. The SMILES string of the molecule is CC[C@H](CC[C@H](CC(=O)CCc1ccc(O)c(OC)c1)OC(C)=O)CC1=C(C[C@H](CCCOC)c2ccnc(N)c2)CN=C1. The Hall–Kier alpha value is -3.72. The second-order valence-corrected chi connectivity index (χ2v) is 11.7. The molecule has 9 heteroatoms. The minimum atomic E-state index is -0.448. The van der Waals surface area contributed by atoms with E-state index in [-0.39, 0.29) is 23.9 Å². The van der Waals surface area contributed by atoms with Crippen molar-refractivity contribution in [3.8, 4) is 11.5 Å². The van der Waals surface area contributed by atoms with Gasteiger partial charge in [0.05, 0.1) is 13.7 Å². The smallest absolute Gasteiger partial charge is 0.302 e. The van der Waals surface area contributed by atoms with E-state index in [2.05, 4.69) is 23.0 Å². The molecular formula is C35H49N3O6. The van der Waals surface area contributed by atoms with Crippen molar-refractivity contribution in [1.29, 1.82) is 0 Å². The third-order valence-corrected chi connectivity index (χ3v) is 8.36. The third-order valence-electron chi connectivity index (χ3n) is 8.36. The molecule has 0 fully saturated rings. The number of pyridine rings is 1. The number of anilines is 1. The molecule has 1 aliphatic rings. The molecule has 0 unspecified atom stereocenters. The lowest BCUT2D eigenvalue weighted by Crippen LogP contribution is -2.22. The second kappa shape index (κ2) is 18.2. The predicted molar refractivity (Wildman–Crippen MR) is 173 cm³/mol. The molecule has 1 aliphatic heterocycles. The number of aromatic nitrogens is 1. The summed E-state index contributed by atoms with van der Waals surface area (Å²) >= 11 is 0. The number of ether oxygens (including phenoxy) is 3. The molecule has 9 nitrogen and oxygen atoms in total. The maximum absolute atomic E-state index is 12.9. The molecule has 3 N–H and O–H groups in total. The van der Waals surface area contributed by atoms with Crippen LogP contribution in [0.2, 0.25) is 0 Å². The summed E-state index contributed by atoms with van der Waals surface area (Å²) in [4.78, 5) is 33.6. The number of benzene rings is 1. The number of phenolic OH excluding ortho intramolecular Hbond substituents is 1. The Morgan fingerprint density at radius 1 is 1.09 bits per heavy atom. The normalized spacial score (nSPS) is 14.8. The van der Waals surface area contributed by atoms with Crippen LogP contribution in [0.25, 0.3) is 0 Å². The molecule has 0 bridgehead atoms. The molecule has 0 aliphatic carbocycles. The number of rotatable bonds is 20. The van der Waals surface area contributed by atoms with Crippen LogP contribution in [0.4, 0.5) is 5.82 Å². The molecule has 0 saturated carbocycles. The Labute approximate surface area is 261 Å². The number of hydrogen-bond acceptors (Lipinski definition) is 9. The lowest BCUT2D eigenvalue weighted by atomic mass is 9.84. The summed E-state index contributed by atoms with van der Waals surface area (Å²) in [6.07, 6.45) is 10.6. The number of aryl methyl sites for hydroxylation is 1. The van der Waals surface area contributed by atoms with Crippen molar-refractivity contribution in [3.63, 3.8) is 0 Å². The van der Waals surface area contributed by atoms with Crippen LogP contribution in [0.5, 0.6) is 11.5 Å². The zero-order chi connectivity index (χ0) is 31.9. The fourth-order valence-corrected chi connectivity index (χ4v) is 5.87. The molecule has 0 spiro atoms. The van der Waals surface area contributed by atoms with Crippen LogP contribution in [-0.4, -0.2) is 61.5 Å². The van der Waals surface area contributed by atoms with E-state index in [9.17, 15) is 14.7 Å². The van der Waals surface area contributed by atoms with Crippen LogP contribution in [-0.2, 0) is 25.5 Å². The summed E-state index contributed by atoms with van der Waals surface area (Å²) in [6, 6.07) is 9.11. The van der Waals surface area contributed by atoms with Gasteiger partial charge in [-0.1, -0.05) is 19.4 Å². The first-order valence-corrected chi connectivity index (χ1v) is 15.7. The van der Waals surface area contributed by atoms with Crippen molar-refractivity contribution in [2.75, 3.05) is 33.1 Å². The summed E-state index contributed by atoms with van der Waals surface area (Å²) in [6.45, 7) is 5.00. The van der Waals surface area contributed by atoms with Gasteiger partial charge in [-0.3, -0.25) is 14.6 Å². The maximum Gasteiger partial charge on any atom is 0.302 e. The number of nitrogens with zero attached hydrogens (tertiary/aromatic N) is 2. The van der Waals surface area contributed by atoms with Gasteiger partial charge in [0, 0.05) is 45.9 Å². The first kappa shape index (κ1) is 34.8. The first-order valence-electron chi connectivity index (χ1n) is 15.7. The zero-order valence-electron chi connectivity index (χ0n) is 26.7. The fourth-order valence-electron chi connectivity index (χ4n) is 5.87. The molecule has 1 aromatic carbocycles. The fraction of sp³-hybridized carbons (Fsp3) is 0.543. The van der Waals surface area contributed by atoms with Gasteiger partial charge in [0.1, 0.15) is 17.7 Å². The topological polar surface area (TPSA) is 133 Å². The van der Waals surface area contributed by atoms with Crippen LogP contribution < -0.4 is 10.5 Å². The summed E-state index contributed by atoms with van der Waals surface area (Å²) in [5.41, 5.74) is 10.8. The Bertz CT molecular complexity index is 1290. The van der Waals surface area contributed by atoms with Crippen molar-refractivity contribution in [3.05, 3.63) is 58.8 Å². The van der Waals surface area contributed by atoms with Gasteiger partial charge in [0.25, 0.3) is 0 Å². The molecular weight excluding hydrogens is 558 g/mol. The van der Waals surface area contributed by atoms with E-state index in [0.29, 0.717) is 49.2 Å². The molecule has 1 aromatic heterocycles. The number of phenols is 1. The molecule has 44 heavy (non-hydrogen) atoms. The molecule has 0 radical (unpaired) electrons. The lowest BCUT2D eigenvalue weighted by molar-refractivity contribution is -0.148. The van der Waals surface area contributed by atoms with Gasteiger partial charge in [-0.2, -0.15) is 0 Å². The average molecular weight is 608 g/mol. The van der Waals surface area contributed by atoms with E-state index in [0.717, 1.165) is 50.7 Å². The number of ketones is 1. The minimum Gasteiger partial charge on any atom is -0.504 e. The molecule has 3 atom stereocenters. The number of carbonyl (C=O) groups excluding carboxylic acids is 2. The Kier molecular flexibility index (Phi) is 14.4. The van der Waals surface area contributed by atoms with E-state index in [4.69, 9.17) is 19.9 Å². The number of allylic oxidation sites excluding steroid dienone is 1. The van der Waals surface area contributed by atoms with Gasteiger partial charge in [0.15, 0.2) is 11.5 Å². The van der Waals surface area contributed by atoms with E-state index < -0.39 is 6.10 Å². The quantitative estimate of drug-likeness (QED) is 0.131. The maximum atomic E-state index is 12.9. The predicted octanol–water partition coefficient (Wildman–Crippen LogP) is 6.38. The largest absolute Gasteiger partial charge is 0.504 e.